The van der Waals surface area contributed by atoms with Gasteiger partial charge in [0.15, 0.2) is 0 Å². The van der Waals surface area contributed by atoms with Crippen molar-refractivity contribution in [1.29, 1.82) is 0 Å². The Balaban J connectivity index is 1.82. The number of nitrogens with zero attached hydrogens (tertiary/aromatic N) is 2. The highest BCUT2D eigenvalue weighted by Crippen LogP contribution is 2.19. The maximum absolute atomic E-state index is 12.4. The van der Waals surface area contributed by atoms with Gasteiger partial charge in [0, 0.05) is 32.7 Å². The molecule has 1 N–H and O–H groups in total. The van der Waals surface area contributed by atoms with E-state index in [2.05, 4.69) is 12.2 Å². The Morgan fingerprint density at radius 1 is 1.16 bits per heavy atom. The Bertz CT molecular complexity index is 340. The first-order valence-corrected chi connectivity index (χ1v) is 7.04. The minimum absolute atomic E-state index is 0.0918. The Labute approximate surface area is 114 Å². The van der Waals surface area contributed by atoms with E-state index in [0.717, 1.165) is 13.1 Å². The number of carbonyl (C=O) groups is 2. The summed E-state index contributed by atoms with van der Waals surface area (Å²) in [5.41, 5.74) is 0. The second-order valence-electron chi connectivity index (χ2n) is 5.25. The van der Waals surface area contributed by atoms with E-state index in [4.69, 9.17) is 4.74 Å². The molecule has 0 aliphatic carbocycles. The van der Waals surface area contributed by atoms with Crippen LogP contribution in [-0.2, 0) is 9.53 Å². The second-order valence-corrected chi connectivity index (χ2v) is 5.25. The standard InChI is InChI=1S/C13H23N3O3/c1-3-19-13(18)16-6-4-15(5-7-16)12(17)11-9-14-8-10(11)2/h10-11,14H,3-9H2,1-2H3. The summed E-state index contributed by atoms with van der Waals surface area (Å²) < 4.78 is 4.97. The minimum Gasteiger partial charge on any atom is -0.450 e. The quantitative estimate of drug-likeness (QED) is 0.775. The molecule has 2 rings (SSSR count). The molecule has 0 aromatic carbocycles. The number of hydrogen-bond donors (Lipinski definition) is 1. The van der Waals surface area contributed by atoms with Gasteiger partial charge in [-0.05, 0) is 19.4 Å². The molecular weight excluding hydrogens is 246 g/mol. The van der Waals surface area contributed by atoms with E-state index in [0.29, 0.717) is 38.7 Å². The van der Waals surface area contributed by atoms with E-state index in [-0.39, 0.29) is 17.9 Å². The van der Waals surface area contributed by atoms with Crippen LogP contribution in [0.1, 0.15) is 13.8 Å². The summed E-state index contributed by atoms with van der Waals surface area (Å²) in [4.78, 5) is 27.5. The maximum Gasteiger partial charge on any atom is 0.409 e. The number of amides is 2. The van der Waals surface area contributed by atoms with Gasteiger partial charge in [0.1, 0.15) is 0 Å². The van der Waals surface area contributed by atoms with Crippen molar-refractivity contribution in [3.05, 3.63) is 0 Å². The van der Waals surface area contributed by atoms with Crippen molar-refractivity contribution in [2.45, 2.75) is 13.8 Å². The molecule has 2 unspecified atom stereocenters. The molecule has 6 nitrogen and oxygen atoms in total. The number of nitrogens with one attached hydrogen (secondary N) is 1. The summed E-state index contributed by atoms with van der Waals surface area (Å²) in [7, 11) is 0. The Hall–Kier alpha value is -1.30. The fourth-order valence-electron chi connectivity index (χ4n) is 2.70. The second kappa shape index (κ2) is 6.23. The first-order valence-electron chi connectivity index (χ1n) is 7.04. The number of ether oxygens (including phenoxy) is 1. The van der Waals surface area contributed by atoms with Crippen LogP contribution >= 0.6 is 0 Å². The van der Waals surface area contributed by atoms with E-state index in [9.17, 15) is 9.59 Å². The zero-order valence-electron chi connectivity index (χ0n) is 11.7. The van der Waals surface area contributed by atoms with Crippen molar-refractivity contribution >= 4 is 12.0 Å². The molecule has 108 valence electrons. The van der Waals surface area contributed by atoms with Crippen LogP contribution in [0.3, 0.4) is 0 Å². The first-order chi connectivity index (χ1) is 9.13. The van der Waals surface area contributed by atoms with Gasteiger partial charge >= 0.3 is 6.09 Å². The molecule has 2 amide bonds. The Morgan fingerprint density at radius 3 is 2.32 bits per heavy atom. The Kier molecular flexibility index (Phi) is 4.63. The summed E-state index contributed by atoms with van der Waals surface area (Å²) in [6.07, 6.45) is -0.273. The molecule has 2 heterocycles. The average Bonchev–Trinajstić information content (AvgIpc) is 2.84. The van der Waals surface area contributed by atoms with Gasteiger partial charge in [-0.25, -0.2) is 4.79 Å². The lowest BCUT2D eigenvalue weighted by molar-refractivity contribution is -0.137. The third-order valence-corrected chi connectivity index (χ3v) is 3.95. The van der Waals surface area contributed by atoms with E-state index in [1.165, 1.54) is 0 Å². The van der Waals surface area contributed by atoms with Crippen molar-refractivity contribution in [3.8, 4) is 0 Å². The molecule has 2 aliphatic rings. The molecule has 2 saturated heterocycles. The summed E-state index contributed by atoms with van der Waals surface area (Å²) in [6, 6.07) is 0. The predicted octanol–water partition coefficient (Wildman–Crippen LogP) is 0.143. The lowest BCUT2D eigenvalue weighted by Gasteiger charge is -2.35. The SMILES string of the molecule is CCOC(=O)N1CCN(C(=O)C2CNCC2C)CC1. The fraction of sp³-hybridized carbons (Fsp3) is 0.846. The molecule has 0 aromatic heterocycles. The molecule has 2 fully saturated rings. The molecule has 6 heteroatoms. The van der Waals surface area contributed by atoms with Crippen LogP contribution in [0.4, 0.5) is 4.79 Å². The van der Waals surface area contributed by atoms with E-state index in [1.807, 2.05) is 4.90 Å². The van der Waals surface area contributed by atoms with E-state index >= 15 is 0 Å². The smallest absolute Gasteiger partial charge is 0.409 e. The van der Waals surface area contributed by atoms with Crippen molar-refractivity contribution in [3.63, 3.8) is 0 Å². The van der Waals surface area contributed by atoms with Gasteiger partial charge in [0.2, 0.25) is 5.91 Å². The predicted molar refractivity (Wildman–Crippen MR) is 70.7 cm³/mol. The summed E-state index contributed by atoms with van der Waals surface area (Å²) in [5, 5.41) is 3.25. The third kappa shape index (κ3) is 3.18. The largest absolute Gasteiger partial charge is 0.450 e. The molecule has 0 aromatic rings. The molecule has 0 radical (unpaired) electrons. The van der Waals surface area contributed by atoms with Gasteiger partial charge < -0.3 is 19.9 Å². The highest BCUT2D eigenvalue weighted by atomic mass is 16.6. The molecular formula is C13H23N3O3. The van der Waals surface area contributed by atoms with Gasteiger partial charge in [0.05, 0.1) is 12.5 Å². The highest BCUT2D eigenvalue weighted by molar-refractivity contribution is 5.80. The number of rotatable bonds is 2. The molecule has 2 aliphatic heterocycles. The third-order valence-electron chi connectivity index (χ3n) is 3.95. The molecule has 0 spiro atoms. The monoisotopic (exact) mass is 269 g/mol. The molecule has 0 bridgehead atoms. The van der Waals surface area contributed by atoms with Crippen LogP contribution in [0.2, 0.25) is 0 Å². The summed E-state index contributed by atoms with van der Waals surface area (Å²) in [5.74, 6) is 0.714. The fourth-order valence-corrected chi connectivity index (χ4v) is 2.70. The van der Waals surface area contributed by atoms with Gasteiger partial charge in [0.25, 0.3) is 0 Å². The van der Waals surface area contributed by atoms with Crippen LogP contribution in [0.15, 0.2) is 0 Å². The lowest BCUT2D eigenvalue weighted by atomic mass is 9.96. The summed E-state index contributed by atoms with van der Waals surface area (Å²) >= 11 is 0. The normalized spacial score (nSPS) is 27.5. The van der Waals surface area contributed by atoms with Gasteiger partial charge in [-0.3, -0.25) is 4.79 Å². The van der Waals surface area contributed by atoms with Crippen LogP contribution in [0.25, 0.3) is 0 Å². The van der Waals surface area contributed by atoms with Crippen LogP contribution in [0.5, 0.6) is 0 Å². The van der Waals surface area contributed by atoms with Crippen molar-refractivity contribution in [1.82, 2.24) is 15.1 Å². The van der Waals surface area contributed by atoms with Gasteiger partial charge in [-0.1, -0.05) is 6.92 Å². The van der Waals surface area contributed by atoms with E-state index < -0.39 is 0 Å². The van der Waals surface area contributed by atoms with Crippen molar-refractivity contribution < 1.29 is 14.3 Å². The number of hydrogen-bond acceptors (Lipinski definition) is 4. The first kappa shape index (κ1) is 14.1. The van der Waals surface area contributed by atoms with Crippen molar-refractivity contribution in [2.24, 2.45) is 11.8 Å². The average molecular weight is 269 g/mol. The minimum atomic E-state index is -0.273. The van der Waals surface area contributed by atoms with Crippen LogP contribution < -0.4 is 5.32 Å². The molecule has 19 heavy (non-hydrogen) atoms. The Morgan fingerprint density at radius 2 is 1.79 bits per heavy atom. The number of piperazine rings is 1. The zero-order valence-corrected chi connectivity index (χ0v) is 11.7. The van der Waals surface area contributed by atoms with Gasteiger partial charge in [-0.15, -0.1) is 0 Å². The molecule has 0 saturated carbocycles. The van der Waals surface area contributed by atoms with Crippen LogP contribution in [-0.4, -0.2) is 67.7 Å². The lowest BCUT2D eigenvalue weighted by Crippen LogP contribution is -2.52. The maximum atomic E-state index is 12.4. The van der Waals surface area contributed by atoms with E-state index in [1.54, 1.807) is 11.8 Å². The van der Waals surface area contributed by atoms with Gasteiger partial charge in [-0.2, -0.15) is 0 Å². The van der Waals surface area contributed by atoms with Crippen molar-refractivity contribution in [2.75, 3.05) is 45.9 Å². The molecule has 2 atom stereocenters. The zero-order chi connectivity index (χ0) is 13.8. The summed E-state index contributed by atoms with van der Waals surface area (Å²) in [6.45, 7) is 8.35. The van der Waals surface area contributed by atoms with Crippen LogP contribution in [0, 0.1) is 11.8 Å². The number of carbonyl (C=O) groups excluding carboxylic acids is 2. The highest BCUT2D eigenvalue weighted by Gasteiger charge is 2.34. The topological polar surface area (TPSA) is 61.9 Å².